The molecule has 0 N–H and O–H groups in total. The Morgan fingerprint density at radius 2 is 1.63 bits per heavy atom. The lowest BCUT2D eigenvalue weighted by molar-refractivity contribution is -0.137. The second kappa shape index (κ2) is 10.3. The van der Waals surface area contributed by atoms with Gasteiger partial charge in [0.05, 0.1) is 5.56 Å². The van der Waals surface area contributed by atoms with Gasteiger partial charge < -0.3 is 9.57 Å². The number of aldehydes is 1. The van der Waals surface area contributed by atoms with Crippen molar-refractivity contribution in [2.24, 2.45) is 11.1 Å². The van der Waals surface area contributed by atoms with Crippen LogP contribution < -0.4 is 4.74 Å². The van der Waals surface area contributed by atoms with Crippen molar-refractivity contribution in [1.29, 1.82) is 0 Å². The molecule has 1 fully saturated rings. The molecular formula is C23H24F3NO3. The summed E-state index contributed by atoms with van der Waals surface area (Å²) in [5.74, 6) is 0.967. The molecule has 0 saturated heterocycles. The van der Waals surface area contributed by atoms with E-state index in [4.69, 9.17) is 9.57 Å². The summed E-state index contributed by atoms with van der Waals surface area (Å²) in [6, 6.07) is 12.2. The first-order chi connectivity index (χ1) is 14.5. The average molecular weight is 419 g/mol. The summed E-state index contributed by atoms with van der Waals surface area (Å²) in [5, 5.41) is 3.84. The lowest BCUT2D eigenvalue weighted by Crippen LogP contribution is -2.26. The number of oxime groups is 1. The molecule has 7 heteroatoms. The second-order valence-corrected chi connectivity index (χ2v) is 7.37. The van der Waals surface area contributed by atoms with Crippen LogP contribution in [0.5, 0.6) is 5.75 Å². The molecule has 1 saturated carbocycles. The predicted octanol–water partition coefficient (Wildman–Crippen LogP) is 5.59. The summed E-state index contributed by atoms with van der Waals surface area (Å²) in [5.41, 5.74) is 0.909. The minimum atomic E-state index is -4.34. The minimum Gasteiger partial charge on any atom is -0.483 e. The first-order valence-electron chi connectivity index (χ1n) is 9.96. The Kier molecular flexibility index (Phi) is 7.49. The van der Waals surface area contributed by atoms with Crippen molar-refractivity contribution >= 4 is 12.5 Å². The number of hydrogen-bond donors (Lipinski definition) is 0. The van der Waals surface area contributed by atoms with Crippen molar-refractivity contribution in [3.8, 4) is 5.75 Å². The SMILES string of the molecule is O=CC(Oc1ccc(CC=NOCc2ccc(C(F)(F)F)cc2)cc1)C1CCCC1. The number of rotatable bonds is 9. The third-order valence-corrected chi connectivity index (χ3v) is 5.18. The summed E-state index contributed by atoms with van der Waals surface area (Å²) in [4.78, 5) is 16.5. The number of nitrogens with zero attached hydrogens (tertiary/aromatic N) is 1. The molecule has 2 aromatic carbocycles. The van der Waals surface area contributed by atoms with Crippen LogP contribution in [0.25, 0.3) is 0 Å². The van der Waals surface area contributed by atoms with Crippen LogP contribution in [-0.4, -0.2) is 18.6 Å². The predicted molar refractivity (Wildman–Crippen MR) is 107 cm³/mol. The van der Waals surface area contributed by atoms with Crippen LogP contribution in [0.1, 0.15) is 42.4 Å². The summed E-state index contributed by atoms with van der Waals surface area (Å²) >= 11 is 0. The Balaban J connectivity index is 1.42. The highest BCUT2D eigenvalue weighted by Crippen LogP contribution is 2.30. The van der Waals surface area contributed by atoms with Gasteiger partial charge in [-0.15, -0.1) is 0 Å². The molecule has 2 aromatic rings. The number of carbonyl (C=O) groups excluding carboxylic acids is 1. The van der Waals surface area contributed by atoms with Gasteiger partial charge in [-0.05, 0) is 48.2 Å². The first-order valence-corrected chi connectivity index (χ1v) is 9.96. The second-order valence-electron chi connectivity index (χ2n) is 7.37. The van der Waals surface area contributed by atoms with Crippen LogP contribution in [0, 0.1) is 5.92 Å². The molecule has 160 valence electrons. The fourth-order valence-electron chi connectivity index (χ4n) is 3.48. The fourth-order valence-corrected chi connectivity index (χ4v) is 3.48. The van der Waals surface area contributed by atoms with E-state index in [1.165, 1.54) is 12.1 Å². The molecule has 0 bridgehead atoms. The summed E-state index contributed by atoms with van der Waals surface area (Å²) in [6.45, 7) is 0.0929. The Labute approximate surface area is 173 Å². The fraction of sp³-hybridized carbons (Fsp3) is 0.391. The van der Waals surface area contributed by atoms with Gasteiger partial charge in [0, 0.05) is 18.6 Å². The number of halogens is 3. The van der Waals surface area contributed by atoms with Crippen LogP contribution in [0.15, 0.2) is 53.7 Å². The van der Waals surface area contributed by atoms with Crippen molar-refractivity contribution in [3.63, 3.8) is 0 Å². The monoisotopic (exact) mass is 419 g/mol. The Hall–Kier alpha value is -2.83. The third-order valence-electron chi connectivity index (χ3n) is 5.18. The molecule has 1 unspecified atom stereocenters. The zero-order chi connectivity index (χ0) is 21.4. The van der Waals surface area contributed by atoms with Crippen molar-refractivity contribution < 1.29 is 27.5 Å². The first kappa shape index (κ1) is 21.9. The quantitative estimate of drug-likeness (QED) is 0.303. The minimum absolute atomic E-state index is 0.0929. The number of hydrogen-bond acceptors (Lipinski definition) is 4. The molecule has 0 radical (unpaired) electrons. The Bertz CT molecular complexity index is 826. The van der Waals surface area contributed by atoms with E-state index >= 15 is 0 Å². The zero-order valence-electron chi connectivity index (χ0n) is 16.5. The third kappa shape index (κ3) is 6.34. The normalized spacial score (nSPS) is 16.0. The van der Waals surface area contributed by atoms with Gasteiger partial charge in [-0.1, -0.05) is 42.3 Å². The maximum absolute atomic E-state index is 12.5. The van der Waals surface area contributed by atoms with Gasteiger partial charge >= 0.3 is 6.18 Å². The number of benzene rings is 2. The van der Waals surface area contributed by atoms with Gasteiger partial charge in [0.1, 0.15) is 12.4 Å². The molecule has 3 rings (SSSR count). The highest BCUT2D eigenvalue weighted by atomic mass is 19.4. The summed E-state index contributed by atoms with van der Waals surface area (Å²) in [6.07, 6.45) is 2.65. The summed E-state index contributed by atoms with van der Waals surface area (Å²) < 4.78 is 43.4. The molecule has 0 amide bonds. The van der Waals surface area contributed by atoms with Crippen molar-refractivity contribution in [1.82, 2.24) is 0 Å². The van der Waals surface area contributed by atoms with Crippen LogP contribution in [0.2, 0.25) is 0 Å². The average Bonchev–Trinajstić information content (AvgIpc) is 3.27. The molecule has 0 aliphatic heterocycles. The van der Waals surface area contributed by atoms with Crippen molar-refractivity contribution in [2.45, 2.75) is 51.0 Å². The molecule has 1 atom stereocenters. The largest absolute Gasteiger partial charge is 0.483 e. The lowest BCUT2D eigenvalue weighted by atomic mass is 10.0. The molecule has 0 heterocycles. The van der Waals surface area contributed by atoms with E-state index in [9.17, 15) is 18.0 Å². The standard InChI is InChI=1S/C23H24F3NO3/c24-23(25,26)20-9-5-18(6-10-20)16-29-27-14-13-17-7-11-21(12-8-17)30-22(15-28)19-3-1-2-4-19/h5-12,14-15,19,22H,1-4,13,16H2. The van der Waals surface area contributed by atoms with E-state index in [2.05, 4.69) is 5.16 Å². The van der Waals surface area contributed by atoms with Gasteiger partial charge in [-0.2, -0.15) is 13.2 Å². The van der Waals surface area contributed by atoms with E-state index in [1.807, 2.05) is 24.3 Å². The van der Waals surface area contributed by atoms with Gasteiger partial charge in [-0.3, -0.25) is 4.79 Å². The van der Waals surface area contributed by atoms with Crippen LogP contribution in [0.4, 0.5) is 13.2 Å². The van der Waals surface area contributed by atoms with Crippen molar-refractivity contribution in [2.75, 3.05) is 0 Å². The number of alkyl halides is 3. The van der Waals surface area contributed by atoms with E-state index in [0.29, 0.717) is 23.7 Å². The molecular weight excluding hydrogens is 395 g/mol. The molecule has 0 spiro atoms. The zero-order valence-corrected chi connectivity index (χ0v) is 16.5. The van der Waals surface area contributed by atoms with E-state index in [0.717, 1.165) is 49.7 Å². The number of carbonyl (C=O) groups is 1. The van der Waals surface area contributed by atoms with Gasteiger partial charge in [0.15, 0.2) is 12.4 Å². The van der Waals surface area contributed by atoms with Gasteiger partial charge in [0.25, 0.3) is 0 Å². The maximum Gasteiger partial charge on any atom is 0.416 e. The Morgan fingerprint density at radius 1 is 1.00 bits per heavy atom. The molecule has 4 nitrogen and oxygen atoms in total. The Morgan fingerprint density at radius 3 is 2.23 bits per heavy atom. The van der Waals surface area contributed by atoms with Crippen LogP contribution >= 0.6 is 0 Å². The van der Waals surface area contributed by atoms with Crippen LogP contribution in [-0.2, 0) is 28.8 Å². The lowest BCUT2D eigenvalue weighted by Gasteiger charge is -2.19. The smallest absolute Gasteiger partial charge is 0.416 e. The van der Waals surface area contributed by atoms with Crippen LogP contribution in [0.3, 0.4) is 0 Å². The maximum atomic E-state index is 12.5. The molecule has 1 aliphatic rings. The van der Waals surface area contributed by atoms with Crippen molar-refractivity contribution in [3.05, 3.63) is 65.2 Å². The van der Waals surface area contributed by atoms with E-state index < -0.39 is 17.8 Å². The molecule has 30 heavy (non-hydrogen) atoms. The van der Waals surface area contributed by atoms with Gasteiger partial charge in [-0.25, -0.2) is 0 Å². The topological polar surface area (TPSA) is 47.9 Å². The molecule has 1 aliphatic carbocycles. The highest BCUT2D eigenvalue weighted by molar-refractivity contribution is 5.61. The highest BCUT2D eigenvalue weighted by Gasteiger charge is 2.30. The number of ether oxygens (including phenoxy) is 1. The summed E-state index contributed by atoms with van der Waals surface area (Å²) in [7, 11) is 0. The van der Waals surface area contributed by atoms with Gasteiger partial charge in [0.2, 0.25) is 0 Å². The molecule has 0 aromatic heterocycles. The van der Waals surface area contributed by atoms with E-state index in [-0.39, 0.29) is 6.61 Å². The van der Waals surface area contributed by atoms with E-state index in [1.54, 1.807) is 6.21 Å².